The number of nitrogens with zero attached hydrogens (tertiary/aromatic N) is 2. The van der Waals surface area contributed by atoms with Gasteiger partial charge in [-0.25, -0.2) is 4.98 Å². The van der Waals surface area contributed by atoms with E-state index in [9.17, 15) is 22.8 Å². The number of halogens is 3. The molecular formula is C28H25F3N4O3. The van der Waals surface area contributed by atoms with Gasteiger partial charge in [0.25, 0.3) is 5.91 Å². The molecule has 0 saturated heterocycles. The van der Waals surface area contributed by atoms with Crippen molar-refractivity contribution < 1.29 is 27.5 Å². The molecule has 0 aliphatic heterocycles. The fraction of sp³-hybridized carbons (Fsp3) is 0.179. The monoisotopic (exact) mass is 522 g/mol. The van der Waals surface area contributed by atoms with Gasteiger partial charge < -0.3 is 20.3 Å². The standard InChI is InChI=1S/C28H25F3N4O3/c1-17(36)33-26-15-24(10-11-32-26)38-23-9-7-18-4-5-19(12-21(18)13-23)27(37)34-22-8-6-20(16-35(2)3)25(14-22)28(29,30)31/h4-15H,16H2,1-3H3,(H,34,37)(H,32,33,36). The molecule has 2 N–H and O–H groups in total. The lowest BCUT2D eigenvalue weighted by atomic mass is 10.0. The van der Waals surface area contributed by atoms with Gasteiger partial charge in [0.2, 0.25) is 5.91 Å². The molecule has 0 saturated carbocycles. The van der Waals surface area contributed by atoms with E-state index in [1.54, 1.807) is 61.5 Å². The zero-order valence-electron chi connectivity index (χ0n) is 20.9. The molecule has 4 aromatic rings. The summed E-state index contributed by atoms with van der Waals surface area (Å²) in [5, 5.41) is 6.69. The zero-order chi connectivity index (χ0) is 27.4. The van der Waals surface area contributed by atoms with Crippen molar-refractivity contribution >= 4 is 34.1 Å². The second kappa shape index (κ2) is 10.9. The van der Waals surface area contributed by atoms with Crippen molar-refractivity contribution in [2.24, 2.45) is 0 Å². The molecule has 0 atom stereocenters. The van der Waals surface area contributed by atoms with E-state index in [4.69, 9.17) is 4.74 Å². The molecule has 10 heteroatoms. The Morgan fingerprint density at radius 2 is 1.63 bits per heavy atom. The summed E-state index contributed by atoms with van der Waals surface area (Å²) in [6.07, 6.45) is -3.05. The Kier molecular flexibility index (Phi) is 7.63. The maximum absolute atomic E-state index is 13.6. The lowest BCUT2D eigenvalue weighted by Gasteiger charge is -2.18. The number of anilines is 2. The number of alkyl halides is 3. The van der Waals surface area contributed by atoms with Crippen molar-refractivity contribution in [3.05, 3.63) is 89.6 Å². The number of amides is 2. The molecule has 0 bridgehead atoms. The molecule has 0 spiro atoms. The van der Waals surface area contributed by atoms with Crippen LogP contribution in [0.25, 0.3) is 10.8 Å². The summed E-state index contributed by atoms with van der Waals surface area (Å²) in [7, 11) is 3.37. The first-order valence-corrected chi connectivity index (χ1v) is 11.6. The van der Waals surface area contributed by atoms with E-state index in [-0.39, 0.29) is 29.3 Å². The summed E-state index contributed by atoms with van der Waals surface area (Å²) >= 11 is 0. The molecule has 0 aliphatic carbocycles. The Morgan fingerprint density at radius 1 is 0.895 bits per heavy atom. The van der Waals surface area contributed by atoms with Crippen molar-refractivity contribution in [3.8, 4) is 11.5 Å². The van der Waals surface area contributed by atoms with Gasteiger partial charge in [-0.15, -0.1) is 0 Å². The lowest BCUT2D eigenvalue weighted by molar-refractivity contribution is -0.138. The van der Waals surface area contributed by atoms with Crippen molar-refractivity contribution in [3.63, 3.8) is 0 Å². The molecule has 1 heterocycles. The largest absolute Gasteiger partial charge is 0.457 e. The molecule has 1 aromatic heterocycles. The summed E-state index contributed by atoms with van der Waals surface area (Å²) in [5.41, 5.74) is -0.341. The van der Waals surface area contributed by atoms with Crippen LogP contribution in [0.3, 0.4) is 0 Å². The molecule has 7 nitrogen and oxygen atoms in total. The Labute approximate surface area is 217 Å². The number of nitrogens with one attached hydrogen (secondary N) is 2. The number of rotatable bonds is 7. The van der Waals surface area contributed by atoms with Gasteiger partial charge in [-0.1, -0.05) is 18.2 Å². The highest BCUT2D eigenvalue weighted by Crippen LogP contribution is 2.34. The van der Waals surface area contributed by atoms with Gasteiger partial charge in [-0.05, 0) is 72.9 Å². The van der Waals surface area contributed by atoms with E-state index in [1.807, 2.05) is 6.07 Å². The number of fused-ring (bicyclic) bond motifs is 1. The Morgan fingerprint density at radius 3 is 2.34 bits per heavy atom. The Balaban J connectivity index is 1.55. The summed E-state index contributed by atoms with van der Waals surface area (Å²) in [6.45, 7) is 1.49. The van der Waals surface area contributed by atoms with Gasteiger partial charge in [0.05, 0.1) is 5.56 Å². The van der Waals surface area contributed by atoms with Crippen LogP contribution in [-0.4, -0.2) is 35.8 Å². The van der Waals surface area contributed by atoms with E-state index < -0.39 is 17.6 Å². The third kappa shape index (κ3) is 6.65. The fourth-order valence-corrected chi connectivity index (χ4v) is 3.89. The van der Waals surface area contributed by atoms with Gasteiger partial charge in [0, 0.05) is 37.0 Å². The second-order valence-electron chi connectivity index (χ2n) is 8.95. The molecule has 38 heavy (non-hydrogen) atoms. The van der Waals surface area contributed by atoms with Crippen molar-refractivity contribution in [2.75, 3.05) is 24.7 Å². The summed E-state index contributed by atoms with van der Waals surface area (Å²) in [6, 6.07) is 17.3. The van der Waals surface area contributed by atoms with Crippen LogP contribution in [0.5, 0.6) is 11.5 Å². The van der Waals surface area contributed by atoms with Crippen LogP contribution in [0, 0.1) is 0 Å². The van der Waals surface area contributed by atoms with E-state index in [0.717, 1.165) is 11.5 Å². The first-order chi connectivity index (χ1) is 18.0. The third-order valence-electron chi connectivity index (χ3n) is 5.50. The highest BCUT2D eigenvalue weighted by molar-refractivity contribution is 6.06. The van der Waals surface area contributed by atoms with E-state index in [1.165, 1.54) is 25.3 Å². The van der Waals surface area contributed by atoms with E-state index >= 15 is 0 Å². The lowest BCUT2D eigenvalue weighted by Crippen LogP contribution is -2.18. The minimum absolute atomic E-state index is 0.0506. The number of carbonyl (C=O) groups excluding carboxylic acids is 2. The van der Waals surface area contributed by atoms with Crippen LogP contribution < -0.4 is 15.4 Å². The third-order valence-corrected chi connectivity index (χ3v) is 5.50. The minimum Gasteiger partial charge on any atom is -0.457 e. The van der Waals surface area contributed by atoms with E-state index in [0.29, 0.717) is 22.7 Å². The summed E-state index contributed by atoms with van der Waals surface area (Å²) < 4.78 is 46.7. The van der Waals surface area contributed by atoms with Gasteiger partial charge in [-0.2, -0.15) is 13.2 Å². The maximum Gasteiger partial charge on any atom is 0.416 e. The molecule has 3 aromatic carbocycles. The molecule has 0 unspecified atom stereocenters. The fourth-order valence-electron chi connectivity index (χ4n) is 3.89. The Bertz CT molecular complexity index is 1500. The normalized spacial score (nSPS) is 11.4. The number of carbonyl (C=O) groups is 2. The number of benzene rings is 3. The highest BCUT2D eigenvalue weighted by Gasteiger charge is 2.33. The number of hydrogen-bond acceptors (Lipinski definition) is 5. The molecule has 4 rings (SSSR count). The van der Waals surface area contributed by atoms with Gasteiger partial charge in [0.1, 0.15) is 17.3 Å². The molecule has 0 fully saturated rings. The predicted octanol–water partition coefficient (Wildman–Crippen LogP) is 6.32. The van der Waals surface area contributed by atoms with Crippen LogP contribution in [0.1, 0.15) is 28.4 Å². The molecule has 2 amide bonds. The van der Waals surface area contributed by atoms with Gasteiger partial charge in [0.15, 0.2) is 0 Å². The number of ether oxygens (including phenoxy) is 1. The van der Waals surface area contributed by atoms with Gasteiger partial charge in [-0.3, -0.25) is 9.59 Å². The predicted molar refractivity (Wildman–Crippen MR) is 139 cm³/mol. The average Bonchev–Trinajstić information content (AvgIpc) is 2.83. The quantitative estimate of drug-likeness (QED) is 0.297. The Hall–Kier alpha value is -4.44. The van der Waals surface area contributed by atoms with Crippen LogP contribution in [0.4, 0.5) is 24.7 Å². The topological polar surface area (TPSA) is 83.6 Å². The molecule has 196 valence electrons. The van der Waals surface area contributed by atoms with Crippen LogP contribution >= 0.6 is 0 Å². The van der Waals surface area contributed by atoms with Crippen molar-refractivity contribution in [1.29, 1.82) is 0 Å². The van der Waals surface area contributed by atoms with Crippen molar-refractivity contribution in [1.82, 2.24) is 9.88 Å². The summed E-state index contributed by atoms with van der Waals surface area (Å²) in [4.78, 5) is 29.9. The smallest absolute Gasteiger partial charge is 0.416 e. The SMILES string of the molecule is CC(=O)Nc1cc(Oc2ccc3ccc(C(=O)Nc4ccc(CN(C)C)c(C(F)(F)F)c4)cc3c2)ccn1. The van der Waals surface area contributed by atoms with Crippen LogP contribution in [-0.2, 0) is 17.5 Å². The molecule has 0 radical (unpaired) electrons. The van der Waals surface area contributed by atoms with Gasteiger partial charge >= 0.3 is 6.18 Å². The minimum atomic E-state index is -4.55. The first-order valence-electron chi connectivity index (χ1n) is 11.6. The van der Waals surface area contributed by atoms with Crippen LogP contribution in [0.2, 0.25) is 0 Å². The zero-order valence-corrected chi connectivity index (χ0v) is 20.9. The summed E-state index contributed by atoms with van der Waals surface area (Å²) in [5.74, 6) is 0.487. The van der Waals surface area contributed by atoms with E-state index in [2.05, 4.69) is 15.6 Å². The molecule has 0 aliphatic rings. The van der Waals surface area contributed by atoms with Crippen molar-refractivity contribution in [2.45, 2.75) is 19.6 Å². The maximum atomic E-state index is 13.6. The first kappa shape index (κ1) is 26.6. The van der Waals surface area contributed by atoms with Crippen LogP contribution in [0.15, 0.2) is 72.9 Å². The molecular weight excluding hydrogens is 497 g/mol. The number of aromatic nitrogens is 1. The number of pyridine rings is 1. The average molecular weight is 523 g/mol. The highest BCUT2D eigenvalue weighted by atomic mass is 19.4. The number of hydrogen-bond donors (Lipinski definition) is 2. The second-order valence-corrected chi connectivity index (χ2v) is 8.95.